The molecule has 14 rings (SSSR count). The molecule has 2 unspecified atom stereocenters. The van der Waals surface area contributed by atoms with Gasteiger partial charge in [-0.3, -0.25) is 19.1 Å². The van der Waals surface area contributed by atoms with Crippen molar-refractivity contribution in [1.29, 1.82) is 0 Å². The maximum Gasteiger partial charge on any atom is 0.177 e. The summed E-state index contributed by atoms with van der Waals surface area (Å²) in [7, 11) is -10.5. The smallest absolute Gasteiger partial charge is 0.177 e. The molecule has 0 aliphatic carbocycles. The summed E-state index contributed by atoms with van der Waals surface area (Å²) in [6.45, 7) is 12.8. The number of rotatable bonds is 15. The number of aryl methyl sites for hydroxylation is 5. The van der Waals surface area contributed by atoms with E-state index in [1.54, 1.807) is 48.5 Å². The zero-order valence-electron chi connectivity index (χ0n) is 57.7. The number of nitrogen functional groups attached to an aromatic ring is 1. The molecule has 11 aromatic rings. The summed E-state index contributed by atoms with van der Waals surface area (Å²) in [6, 6.07) is 30.8. The predicted octanol–water partition coefficient (Wildman–Crippen LogP) is 14.4. The highest BCUT2D eigenvalue weighted by Crippen LogP contribution is 2.41. The van der Waals surface area contributed by atoms with E-state index in [0.717, 1.165) is 126 Å². The number of aromatic nitrogens is 13. The van der Waals surface area contributed by atoms with Crippen molar-refractivity contribution in [2.45, 2.75) is 126 Å². The van der Waals surface area contributed by atoms with Crippen molar-refractivity contribution in [3.63, 3.8) is 0 Å². The van der Waals surface area contributed by atoms with Crippen LogP contribution in [0.1, 0.15) is 115 Å². The van der Waals surface area contributed by atoms with Crippen molar-refractivity contribution in [2.75, 3.05) is 53.7 Å². The van der Waals surface area contributed by atoms with Crippen molar-refractivity contribution in [3.05, 3.63) is 187 Å². The zero-order chi connectivity index (χ0) is 73.7. The quantitative estimate of drug-likeness (QED) is 0.0693. The van der Waals surface area contributed by atoms with Crippen molar-refractivity contribution >= 4 is 150 Å². The predicted molar refractivity (Wildman–Crippen MR) is 402 cm³/mol. The summed E-state index contributed by atoms with van der Waals surface area (Å²) in [5.41, 5.74) is 19.1. The maximum atomic E-state index is 12.5. The molecule has 103 heavy (non-hydrogen) atoms. The number of anilines is 7. The molecular formula is C70H74Cl4N18O8S3. The van der Waals surface area contributed by atoms with E-state index in [4.69, 9.17) is 76.6 Å². The van der Waals surface area contributed by atoms with Gasteiger partial charge >= 0.3 is 0 Å². The molecule has 538 valence electrons. The Balaban J connectivity index is 0.000000147. The molecule has 33 heteroatoms. The van der Waals surface area contributed by atoms with Crippen LogP contribution in [0, 0.1) is 34.6 Å². The van der Waals surface area contributed by atoms with Gasteiger partial charge in [-0.1, -0.05) is 46.4 Å². The minimum Gasteiger partial charge on any atom is -0.382 e. The first kappa shape index (κ1) is 75.3. The number of nitrogens with zero attached hydrogens (tertiary/aromatic N) is 14. The number of nitrogens with one attached hydrogen (secondary N) is 3. The van der Waals surface area contributed by atoms with E-state index < -0.39 is 29.5 Å². The van der Waals surface area contributed by atoms with Crippen LogP contribution in [-0.4, -0.2) is 128 Å². The third kappa shape index (κ3) is 18.9. The average Bonchev–Trinajstić information content (AvgIpc) is 1.63. The topological polar surface area (TPSA) is 347 Å². The monoisotopic (exact) mass is 1530 g/mol. The maximum absolute atomic E-state index is 12.5. The van der Waals surface area contributed by atoms with Gasteiger partial charge < -0.3 is 31.2 Å². The fraction of sp³-hybridized carbons (Fsp3) is 0.314. The first-order valence-corrected chi connectivity index (χ1v) is 39.8. The molecule has 0 bridgehead atoms. The van der Waals surface area contributed by atoms with E-state index in [0.29, 0.717) is 110 Å². The lowest BCUT2D eigenvalue weighted by atomic mass is 10.1. The van der Waals surface area contributed by atoms with Crippen LogP contribution >= 0.6 is 46.4 Å². The molecule has 3 aromatic carbocycles. The fourth-order valence-corrected chi connectivity index (χ4v) is 15.2. The summed E-state index contributed by atoms with van der Waals surface area (Å²) in [6.07, 6.45) is 10.7. The van der Waals surface area contributed by atoms with Crippen LogP contribution in [0.15, 0.2) is 129 Å². The highest BCUT2D eigenvalue weighted by atomic mass is 35.5. The summed E-state index contributed by atoms with van der Waals surface area (Å²) >= 11 is 24.4. The first-order chi connectivity index (χ1) is 48.9. The molecular weight excluding hydrogens is 1460 g/mol. The number of hydrogen-bond donors (Lipinski definition) is 4. The Bertz CT molecular complexity index is 5350. The number of fused-ring (bicyclic) bond motifs is 3. The van der Waals surface area contributed by atoms with Gasteiger partial charge in [0.2, 0.25) is 0 Å². The van der Waals surface area contributed by atoms with Gasteiger partial charge in [-0.05, 0) is 183 Å². The Hall–Kier alpha value is -8.91. The lowest BCUT2D eigenvalue weighted by molar-refractivity contribution is -0.0310. The highest BCUT2D eigenvalue weighted by molar-refractivity contribution is 7.91. The Kier molecular flexibility index (Phi) is 23.4. The number of benzene rings is 3. The van der Waals surface area contributed by atoms with Gasteiger partial charge in [-0.25, -0.2) is 45.2 Å². The Morgan fingerprint density at radius 1 is 0.456 bits per heavy atom. The second-order valence-corrected chi connectivity index (χ2v) is 32.7. The van der Waals surface area contributed by atoms with Gasteiger partial charge in [-0.2, -0.15) is 25.5 Å². The molecule has 3 aliphatic heterocycles. The van der Waals surface area contributed by atoms with Gasteiger partial charge in [0.05, 0.1) is 88.7 Å². The van der Waals surface area contributed by atoms with Gasteiger partial charge in [0.15, 0.2) is 40.8 Å². The van der Waals surface area contributed by atoms with Crippen LogP contribution in [0.4, 0.5) is 45.6 Å². The Labute approximate surface area is 616 Å². The van der Waals surface area contributed by atoms with Crippen LogP contribution in [0.3, 0.4) is 0 Å². The number of halogens is 4. The number of pyridine rings is 3. The van der Waals surface area contributed by atoms with Crippen molar-refractivity contribution in [3.8, 4) is 0 Å². The van der Waals surface area contributed by atoms with E-state index in [1.165, 1.54) is 18.2 Å². The van der Waals surface area contributed by atoms with Crippen LogP contribution in [0.2, 0.25) is 20.2 Å². The largest absolute Gasteiger partial charge is 0.382 e. The standard InChI is InChI=1S/C25H27ClN6O3S.C21H20ClN5O2S.C19H20Cl2N4O3S.C5H7N3/c1-15-7-9-18(31-30-15)13-19-14-21(29-20-10-8-17(26)12-22(20)36(3,33)34)24-25(28-19)32(16(2)27-24)23-6-4-5-11-35-23;1-12-4-6-15(27-26-12)10-16-11-19(21-18(24-16)8-13(2)23-21)25-17-7-5-14(22)9-20(17)30(3,28)29;1-11-22-18-14(23-13-7-6-12(20)9-15(13)29(2,26)27)10-16(21)24-19(18)25(11)17-5-3-4-8-28-17;1-4-2-3-5(6)8-7-4/h7-10,12,14,23H,4-6,11,13H2,1-3H3,(H,28,29);4-7,9,11H,8,10H2,1-3H3,(H,24,25);6-7,9-10,17H,3-5,8H2,1-2H3,(H,23,24);2-3H,1H3,(H2,6,8). The van der Waals surface area contributed by atoms with Crippen molar-refractivity contribution in [2.24, 2.45) is 4.99 Å². The summed E-state index contributed by atoms with van der Waals surface area (Å²) in [5.74, 6) is 2.00. The second-order valence-electron chi connectivity index (χ2n) is 25.1. The van der Waals surface area contributed by atoms with Crippen molar-refractivity contribution < 1.29 is 34.7 Å². The summed E-state index contributed by atoms with van der Waals surface area (Å²) in [4.78, 5) is 28.6. The number of hydrogen-bond acceptors (Lipinski definition) is 24. The number of aliphatic imine (C=N–C) groups is 1. The van der Waals surface area contributed by atoms with Gasteiger partial charge in [-0.15, -0.1) is 5.10 Å². The average molecular weight is 1530 g/mol. The first-order valence-electron chi connectivity index (χ1n) is 32.6. The molecule has 8 aromatic heterocycles. The van der Waals surface area contributed by atoms with E-state index in [-0.39, 0.29) is 32.3 Å². The molecule has 2 fully saturated rings. The molecule has 2 atom stereocenters. The number of nitrogens with two attached hydrogens (primary N) is 1. The highest BCUT2D eigenvalue weighted by Gasteiger charge is 2.28. The summed E-state index contributed by atoms with van der Waals surface area (Å²) in [5, 5.41) is 35.1. The molecule has 11 heterocycles. The minimum absolute atomic E-state index is 0.0952. The SMILES string of the molecule is CC1=Nc2c(Nc3ccc(Cl)cc3S(C)(=O)=O)cc(Cc3ccc(C)nn3)nc2C1.Cc1ccc(Cc2cc(Nc3ccc(Cl)cc3S(C)(=O)=O)c3nc(C)n(C4CCCCO4)c3n2)nn1.Cc1ccc(N)nn1.Cc1nc2c(Nc3ccc(Cl)cc3S(C)(=O)=O)cc(Cl)nc2n1C1CCCCO1. The van der Waals surface area contributed by atoms with Crippen LogP contribution < -0.4 is 21.7 Å². The Morgan fingerprint density at radius 3 is 1.28 bits per heavy atom. The van der Waals surface area contributed by atoms with Crippen LogP contribution in [-0.2, 0) is 58.2 Å². The molecule has 3 aliphatic rings. The normalized spacial score (nSPS) is 15.2. The molecule has 0 amide bonds. The second kappa shape index (κ2) is 32.0. The minimum atomic E-state index is -3.54. The Morgan fingerprint density at radius 2 is 0.874 bits per heavy atom. The summed E-state index contributed by atoms with van der Waals surface area (Å²) < 4.78 is 89.9. The van der Waals surface area contributed by atoms with Crippen LogP contribution in [0.25, 0.3) is 22.3 Å². The molecule has 0 saturated carbocycles. The van der Waals surface area contributed by atoms with Crippen molar-refractivity contribution in [1.82, 2.24) is 64.6 Å². The van der Waals surface area contributed by atoms with Gasteiger partial charge in [0.1, 0.15) is 51.8 Å². The lowest BCUT2D eigenvalue weighted by Crippen LogP contribution is -2.19. The molecule has 26 nitrogen and oxygen atoms in total. The van der Waals surface area contributed by atoms with Gasteiger partial charge in [0.25, 0.3) is 0 Å². The van der Waals surface area contributed by atoms with E-state index in [9.17, 15) is 25.3 Å². The van der Waals surface area contributed by atoms with Crippen LogP contribution in [0.5, 0.6) is 0 Å². The zero-order valence-corrected chi connectivity index (χ0v) is 63.1. The third-order valence-electron chi connectivity index (χ3n) is 16.5. The molecule has 2 saturated heterocycles. The molecule has 5 N–H and O–H groups in total. The van der Waals surface area contributed by atoms with E-state index >= 15 is 0 Å². The molecule has 0 radical (unpaired) electrons. The van der Waals surface area contributed by atoms with E-state index in [2.05, 4.69) is 61.5 Å². The fourth-order valence-electron chi connectivity index (χ4n) is 11.7. The van der Waals surface area contributed by atoms with E-state index in [1.807, 2.05) is 93.1 Å². The number of ether oxygens (including phenoxy) is 2. The number of sulfone groups is 3. The third-order valence-corrected chi connectivity index (χ3v) is 20.8. The van der Waals surface area contributed by atoms with Gasteiger partial charge in [0, 0.05) is 83.8 Å². The molecule has 0 spiro atoms. The number of imidazole rings is 2. The lowest BCUT2D eigenvalue weighted by Gasteiger charge is -2.25.